The molecule has 11 heteroatoms. The first-order valence-corrected chi connectivity index (χ1v) is 9.55. The Balaban J connectivity index is 1.65. The second-order valence-corrected chi connectivity index (χ2v) is 7.81. The zero-order chi connectivity index (χ0) is 22.6. The van der Waals surface area contributed by atoms with Crippen LogP contribution in [0.4, 0.5) is 23.8 Å². The zero-order valence-electron chi connectivity index (χ0n) is 17.3. The van der Waals surface area contributed by atoms with E-state index in [-0.39, 0.29) is 6.54 Å². The number of carbonyl (C=O) groups excluding carboxylic acids is 1. The molecule has 31 heavy (non-hydrogen) atoms. The molecular formula is C20H23F3N6O2. The minimum absolute atomic E-state index is 0.142. The summed E-state index contributed by atoms with van der Waals surface area (Å²) in [7, 11) is 0. The molecule has 3 rings (SSSR count). The minimum atomic E-state index is -4.40. The average molecular weight is 436 g/mol. The first kappa shape index (κ1) is 22.3. The van der Waals surface area contributed by atoms with E-state index in [0.717, 1.165) is 12.1 Å². The number of rotatable bonds is 6. The van der Waals surface area contributed by atoms with E-state index in [2.05, 4.69) is 25.6 Å². The molecule has 2 aromatic heterocycles. The maximum absolute atomic E-state index is 12.9. The van der Waals surface area contributed by atoms with Crippen molar-refractivity contribution in [3.63, 3.8) is 0 Å². The van der Waals surface area contributed by atoms with Gasteiger partial charge in [-0.25, -0.2) is 19.7 Å². The Morgan fingerprint density at radius 1 is 1.16 bits per heavy atom. The van der Waals surface area contributed by atoms with Gasteiger partial charge in [0.2, 0.25) is 0 Å². The smallest absolute Gasteiger partial charge is 0.416 e. The summed E-state index contributed by atoms with van der Waals surface area (Å²) in [5, 5.41) is 5.67. The Hall–Kier alpha value is -3.37. The van der Waals surface area contributed by atoms with E-state index in [1.165, 1.54) is 12.4 Å². The van der Waals surface area contributed by atoms with Crippen LogP contribution in [0.2, 0.25) is 0 Å². The van der Waals surface area contributed by atoms with Crippen molar-refractivity contribution in [3.8, 4) is 0 Å². The first-order valence-electron chi connectivity index (χ1n) is 9.55. The van der Waals surface area contributed by atoms with Crippen LogP contribution in [0.15, 0.2) is 36.9 Å². The highest BCUT2D eigenvalue weighted by atomic mass is 19.4. The topological polar surface area (TPSA) is 94.0 Å². The number of nitrogens with one attached hydrogen (secondary N) is 2. The molecule has 2 N–H and O–H groups in total. The van der Waals surface area contributed by atoms with Crippen molar-refractivity contribution < 1.29 is 22.7 Å². The molecule has 1 amide bonds. The van der Waals surface area contributed by atoms with Crippen molar-refractivity contribution in [2.45, 2.75) is 45.6 Å². The van der Waals surface area contributed by atoms with Crippen LogP contribution in [-0.2, 0) is 24.0 Å². The molecule has 166 valence electrons. The molecule has 0 aliphatic carbocycles. The van der Waals surface area contributed by atoms with Gasteiger partial charge in [0.05, 0.1) is 11.9 Å². The number of alkyl halides is 3. The van der Waals surface area contributed by atoms with Crippen LogP contribution < -0.4 is 10.6 Å². The molecule has 3 aromatic rings. The molecule has 8 nitrogen and oxygen atoms in total. The van der Waals surface area contributed by atoms with Gasteiger partial charge in [-0.05, 0) is 38.5 Å². The predicted octanol–water partition coefficient (Wildman–Crippen LogP) is 3.98. The standard InChI is InChI=1S/C20H23F3N6O2/c1-19(2,3)31-18(30)24-7-8-29-12-28-15-16(26-11-27-17(15)29)25-10-13-5-4-6-14(9-13)20(21,22)23/h4-6,9,11-12H,7-8,10H2,1-3H3,(H,24,30)(H,25,26,27). The van der Waals surface area contributed by atoms with Gasteiger partial charge in [0.25, 0.3) is 0 Å². The Kier molecular flexibility index (Phi) is 6.32. The van der Waals surface area contributed by atoms with Crippen molar-refractivity contribution >= 4 is 23.1 Å². The van der Waals surface area contributed by atoms with E-state index in [1.807, 2.05) is 0 Å². The summed E-state index contributed by atoms with van der Waals surface area (Å²) in [5.41, 5.74) is 0.183. The van der Waals surface area contributed by atoms with Gasteiger partial charge in [-0.1, -0.05) is 12.1 Å². The molecule has 0 atom stereocenters. The number of amides is 1. The molecule has 0 saturated heterocycles. The number of fused-ring (bicyclic) bond motifs is 1. The quantitative estimate of drug-likeness (QED) is 0.607. The molecule has 1 aromatic carbocycles. The Morgan fingerprint density at radius 3 is 2.65 bits per heavy atom. The van der Waals surface area contributed by atoms with Gasteiger partial charge < -0.3 is 19.9 Å². The number of ether oxygens (including phenoxy) is 1. The summed E-state index contributed by atoms with van der Waals surface area (Å²) >= 11 is 0. The predicted molar refractivity (Wildman–Crippen MR) is 108 cm³/mol. The maximum atomic E-state index is 12.9. The van der Waals surface area contributed by atoms with E-state index in [9.17, 15) is 18.0 Å². The van der Waals surface area contributed by atoms with Crippen molar-refractivity contribution in [1.29, 1.82) is 0 Å². The van der Waals surface area contributed by atoms with Crippen LogP contribution in [0.25, 0.3) is 11.2 Å². The van der Waals surface area contributed by atoms with Crippen LogP contribution >= 0.6 is 0 Å². The van der Waals surface area contributed by atoms with Crippen molar-refractivity contribution in [2.24, 2.45) is 0 Å². The summed E-state index contributed by atoms with van der Waals surface area (Å²) in [5.74, 6) is 0.404. The van der Waals surface area contributed by atoms with Crippen LogP contribution in [0, 0.1) is 0 Å². The molecule has 0 fully saturated rings. The number of imidazole rings is 1. The normalized spacial score (nSPS) is 12.1. The highest BCUT2D eigenvalue weighted by Crippen LogP contribution is 2.29. The van der Waals surface area contributed by atoms with Crippen LogP contribution in [0.3, 0.4) is 0 Å². The maximum Gasteiger partial charge on any atom is 0.416 e. The number of hydrogen-bond acceptors (Lipinski definition) is 6. The minimum Gasteiger partial charge on any atom is -0.444 e. The van der Waals surface area contributed by atoms with E-state index in [4.69, 9.17) is 4.74 Å². The molecule has 0 aliphatic rings. The lowest BCUT2D eigenvalue weighted by atomic mass is 10.1. The third kappa shape index (κ3) is 6.06. The van der Waals surface area contributed by atoms with Gasteiger partial charge >= 0.3 is 12.3 Å². The number of nitrogens with zero attached hydrogens (tertiary/aromatic N) is 4. The molecule has 2 heterocycles. The van der Waals surface area contributed by atoms with E-state index in [0.29, 0.717) is 35.6 Å². The fourth-order valence-corrected chi connectivity index (χ4v) is 2.81. The van der Waals surface area contributed by atoms with Crippen molar-refractivity contribution in [3.05, 3.63) is 48.0 Å². The fraction of sp³-hybridized carbons (Fsp3) is 0.400. The van der Waals surface area contributed by atoms with Gasteiger partial charge in [-0.15, -0.1) is 0 Å². The van der Waals surface area contributed by atoms with Crippen LogP contribution in [0.1, 0.15) is 31.9 Å². The Labute approximate surface area is 176 Å². The SMILES string of the molecule is CC(C)(C)OC(=O)NCCn1cnc2c(NCc3cccc(C(F)(F)F)c3)ncnc21. The summed E-state index contributed by atoms with van der Waals surface area (Å²) in [6.45, 7) is 6.18. The number of alkyl carbamates (subject to hydrolysis) is 1. The molecule has 0 aliphatic heterocycles. The second kappa shape index (κ2) is 8.78. The molecule has 0 spiro atoms. The molecule has 0 saturated carbocycles. The zero-order valence-corrected chi connectivity index (χ0v) is 17.3. The lowest BCUT2D eigenvalue weighted by molar-refractivity contribution is -0.137. The van der Waals surface area contributed by atoms with Gasteiger partial charge in [0.1, 0.15) is 17.4 Å². The average Bonchev–Trinajstić information content (AvgIpc) is 3.08. The number of aromatic nitrogens is 4. The van der Waals surface area contributed by atoms with Gasteiger partial charge in [0, 0.05) is 19.6 Å². The van der Waals surface area contributed by atoms with Crippen LogP contribution in [-0.4, -0.2) is 37.8 Å². The Bertz CT molecular complexity index is 1060. The third-order valence-corrected chi connectivity index (χ3v) is 4.14. The van der Waals surface area contributed by atoms with E-state index in [1.54, 1.807) is 37.7 Å². The summed E-state index contributed by atoms with van der Waals surface area (Å²) < 4.78 is 45.6. The van der Waals surface area contributed by atoms with Gasteiger partial charge in [-0.3, -0.25) is 0 Å². The molecule has 0 radical (unpaired) electrons. The van der Waals surface area contributed by atoms with Crippen LogP contribution in [0.5, 0.6) is 0 Å². The first-order chi connectivity index (χ1) is 14.5. The van der Waals surface area contributed by atoms with Crippen molar-refractivity contribution in [1.82, 2.24) is 24.8 Å². The lowest BCUT2D eigenvalue weighted by Crippen LogP contribution is -2.34. The summed E-state index contributed by atoms with van der Waals surface area (Å²) in [6, 6.07) is 5.08. The fourth-order valence-electron chi connectivity index (χ4n) is 2.81. The lowest BCUT2D eigenvalue weighted by Gasteiger charge is -2.19. The molecule has 0 bridgehead atoms. The monoisotopic (exact) mass is 436 g/mol. The number of halogens is 3. The summed E-state index contributed by atoms with van der Waals surface area (Å²) in [4.78, 5) is 24.4. The second-order valence-electron chi connectivity index (χ2n) is 7.81. The van der Waals surface area contributed by atoms with Crippen molar-refractivity contribution in [2.75, 3.05) is 11.9 Å². The van der Waals surface area contributed by atoms with E-state index < -0.39 is 23.4 Å². The molecular weight excluding hydrogens is 413 g/mol. The van der Waals surface area contributed by atoms with Gasteiger partial charge in [-0.2, -0.15) is 13.2 Å². The Morgan fingerprint density at radius 2 is 1.94 bits per heavy atom. The molecule has 0 unspecified atom stereocenters. The third-order valence-electron chi connectivity index (χ3n) is 4.14. The highest BCUT2D eigenvalue weighted by molar-refractivity contribution is 5.82. The summed E-state index contributed by atoms with van der Waals surface area (Å²) in [6.07, 6.45) is -2.01. The number of benzene rings is 1. The largest absolute Gasteiger partial charge is 0.444 e. The van der Waals surface area contributed by atoms with Gasteiger partial charge in [0.15, 0.2) is 11.5 Å². The number of carbonyl (C=O) groups is 1. The number of hydrogen-bond donors (Lipinski definition) is 2. The highest BCUT2D eigenvalue weighted by Gasteiger charge is 2.30. The van der Waals surface area contributed by atoms with E-state index >= 15 is 0 Å². The number of anilines is 1.